The number of halogens is 2. The zero-order chi connectivity index (χ0) is 19.8. The topological polar surface area (TPSA) is 107 Å². The molecule has 11 heteroatoms. The van der Waals surface area contributed by atoms with Gasteiger partial charge in [-0.25, -0.2) is 0 Å². The molecule has 0 aliphatic carbocycles. The molecule has 147 valence electrons. The zero-order valence-electron chi connectivity index (χ0n) is 18.6. The van der Waals surface area contributed by atoms with Crippen molar-refractivity contribution in [3.05, 3.63) is 73.7 Å². The molecule has 0 saturated heterocycles. The Morgan fingerprint density at radius 1 is 0.968 bits per heavy atom. The van der Waals surface area contributed by atoms with E-state index >= 15 is 0 Å². The Hall–Kier alpha value is 0.385. The number of hydrogen-bond acceptors (Lipinski definition) is 5. The maximum atomic E-state index is 12.8. The van der Waals surface area contributed by atoms with E-state index in [1.54, 1.807) is 24.3 Å². The average molecular weight is 756 g/mol. The van der Waals surface area contributed by atoms with Crippen molar-refractivity contribution in [2.45, 2.75) is 5.60 Å². The molecule has 0 aromatic heterocycles. The number of aromatic hydroxyl groups is 2. The summed E-state index contributed by atoms with van der Waals surface area (Å²) in [5, 5.41) is 20.6. The van der Waals surface area contributed by atoms with Gasteiger partial charge in [0.25, 0.3) is 0 Å². The van der Waals surface area contributed by atoms with Gasteiger partial charge in [0.05, 0.1) is 0 Å². The van der Waals surface area contributed by atoms with Gasteiger partial charge in [0, 0.05) is 0 Å². The van der Waals surface area contributed by atoms with Crippen molar-refractivity contribution < 1.29 is 118 Å². The van der Waals surface area contributed by atoms with Crippen molar-refractivity contribution in [1.29, 1.82) is 0 Å². The molecule has 3 aromatic rings. The molecule has 2 aliphatic rings. The van der Waals surface area contributed by atoms with Crippen molar-refractivity contribution >= 4 is 40.9 Å². The second-order valence-corrected chi connectivity index (χ2v) is 11.0. The fraction of sp³-hybridized carbons (Fsp3) is 0.0500. The van der Waals surface area contributed by atoms with E-state index in [2.05, 4.69) is 31.9 Å². The minimum atomic E-state index is -1.23. The molecule has 0 bridgehead atoms. The number of ether oxygens (including phenoxy) is 2. The van der Waals surface area contributed by atoms with Crippen molar-refractivity contribution in [2.75, 3.05) is 0 Å². The van der Waals surface area contributed by atoms with Crippen molar-refractivity contribution in [3.63, 3.8) is 0 Å². The van der Waals surface area contributed by atoms with Crippen molar-refractivity contribution in [1.82, 2.24) is 0 Å². The Morgan fingerprint density at radius 3 is 2.32 bits per heavy atom. The number of hydrogen-bond donors (Lipinski definition) is 2. The summed E-state index contributed by atoms with van der Waals surface area (Å²) in [4.78, 5) is 12.8. The standard InChI is InChI=1S/C20H9Br2O5.Hg.2Na.H2O.2H/c21-13-5-11-17(7-15(13)23)26-18-8-16(24)14(22)6-12(18)20(11)10-4-2-1-3-9(10)19(25)27-20;;;;;;/h1-7,23-24H;;;;1H2;;/q;;2*+1;;2*-1. The summed E-state index contributed by atoms with van der Waals surface area (Å²) in [6.07, 6.45) is 0. The van der Waals surface area contributed by atoms with Crippen LogP contribution < -0.4 is 66.9 Å². The van der Waals surface area contributed by atoms with Crippen molar-refractivity contribution in [2.24, 2.45) is 0 Å². The molecule has 2 heterocycles. The first-order valence-electron chi connectivity index (χ1n) is 8.26. The van der Waals surface area contributed by atoms with Crippen LogP contribution in [-0.4, -0.2) is 21.7 Å². The molecule has 0 amide bonds. The first-order chi connectivity index (χ1) is 13.3. The first kappa shape index (κ1) is 27.6. The predicted molar refractivity (Wildman–Crippen MR) is 109 cm³/mol. The van der Waals surface area contributed by atoms with Crippen LogP contribution in [0.5, 0.6) is 23.0 Å². The van der Waals surface area contributed by atoms with E-state index in [9.17, 15) is 15.0 Å². The molecular weight excluding hydrogens is 743 g/mol. The molecule has 1 spiro atoms. The number of fused-ring (bicyclic) bond motifs is 6. The molecule has 2 aliphatic heterocycles. The van der Waals surface area contributed by atoms with Crippen LogP contribution in [0.4, 0.5) is 0 Å². The number of phenolic OH excluding ortho intramolecular Hbond substituents is 2. The largest absolute Gasteiger partial charge is 1.00 e. The SMILES string of the molecule is O.O=C1OC2(c3cc(Br)c(O)cc3Oc3c2cc(Br)c(O)[c]3[Hg])c2ccccc21.[H-].[H-].[Na+].[Na+]. The van der Waals surface area contributed by atoms with Crippen LogP contribution in [0, 0.1) is 0 Å². The number of phenols is 2. The van der Waals surface area contributed by atoms with Gasteiger partial charge in [0.1, 0.15) is 0 Å². The molecule has 0 fully saturated rings. The summed E-state index contributed by atoms with van der Waals surface area (Å²) >= 11 is 6.78. The molecule has 6 nitrogen and oxygen atoms in total. The van der Waals surface area contributed by atoms with Crippen LogP contribution in [0.2, 0.25) is 0 Å². The van der Waals surface area contributed by atoms with E-state index in [-0.39, 0.29) is 105 Å². The van der Waals surface area contributed by atoms with Gasteiger partial charge in [-0.3, -0.25) is 0 Å². The van der Waals surface area contributed by atoms with Crippen LogP contribution in [0.3, 0.4) is 0 Å². The number of carbonyl (C=O) groups is 1. The summed E-state index contributed by atoms with van der Waals surface area (Å²) in [5.41, 5.74) is 1.21. The molecule has 3 aromatic carbocycles. The first-order valence-corrected chi connectivity index (χ1v) is 12.6. The smallest absolute Gasteiger partial charge is 1.00 e. The van der Waals surface area contributed by atoms with Crippen LogP contribution in [0.1, 0.15) is 29.9 Å². The van der Waals surface area contributed by atoms with Crippen LogP contribution in [0.25, 0.3) is 0 Å². The summed E-state index contributed by atoms with van der Waals surface area (Å²) in [7, 11) is 0. The molecule has 4 N–H and O–H groups in total. The third-order valence-corrected chi connectivity index (χ3v) is 8.88. The predicted octanol–water partition coefficient (Wildman–Crippen LogP) is -2.23. The Morgan fingerprint density at radius 2 is 1.61 bits per heavy atom. The van der Waals surface area contributed by atoms with E-state index in [0.717, 1.165) is 0 Å². The molecule has 1 unspecified atom stereocenters. The average Bonchev–Trinajstić information content (AvgIpc) is 2.97. The van der Waals surface area contributed by atoms with Gasteiger partial charge in [-0.15, -0.1) is 0 Å². The van der Waals surface area contributed by atoms with Gasteiger partial charge in [0.2, 0.25) is 0 Å². The maximum absolute atomic E-state index is 12.8. The number of esters is 1. The fourth-order valence-corrected chi connectivity index (χ4v) is 7.41. The third kappa shape index (κ3) is 3.98. The molecule has 5 rings (SSSR count). The van der Waals surface area contributed by atoms with Crippen LogP contribution >= 0.6 is 31.9 Å². The fourth-order valence-electron chi connectivity index (χ4n) is 3.83. The Labute approximate surface area is 257 Å². The number of benzene rings is 3. The molecule has 0 radical (unpaired) electrons. The second kappa shape index (κ2) is 9.94. The zero-order valence-corrected chi connectivity index (χ0v) is 29.3. The van der Waals surface area contributed by atoms with E-state index in [4.69, 9.17) is 9.47 Å². The van der Waals surface area contributed by atoms with Crippen LogP contribution in [0.15, 0.2) is 51.4 Å². The minimum absolute atomic E-state index is 0. The van der Waals surface area contributed by atoms with Gasteiger partial charge in [-0.1, -0.05) is 0 Å². The summed E-state index contributed by atoms with van der Waals surface area (Å²) in [6.45, 7) is 0. The van der Waals surface area contributed by atoms with Crippen LogP contribution in [-0.2, 0) is 36.5 Å². The Balaban J connectivity index is 0.00000205. The van der Waals surface area contributed by atoms with Gasteiger partial charge in [-0.2, -0.15) is 0 Å². The monoisotopic (exact) mass is 755 g/mol. The maximum Gasteiger partial charge on any atom is 1.00 e. The summed E-state index contributed by atoms with van der Waals surface area (Å²) < 4.78 is 13.8. The summed E-state index contributed by atoms with van der Waals surface area (Å²) in [5.74, 6) is 0.562. The molecule has 31 heavy (non-hydrogen) atoms. The molecule has 0 saturated carbocycles. The van der Waals surface area contributed by atoms with E-state index in [1.165, 1.54) is 6.07 Å². The van der Waals surface area contributed by atoms with Gasteiger partial charge in [0.15, 0.2) is 0 Å². The molecule has 1 atom stereocenters. The molecular formula is C20H13Br2HgNa2O6. The van der Waals surface area contributed by atoms with Crippen molar-refractivity contribution in [3.8, 4) is 23.0 Å². The second-order valence-electron chi connectivity index (χ2n) is 6.58. The van der Waals surface area contributed by atoms with E-state index < -0.39 is 11.6 Å². The normalized spacial score (nSPS) is 17.1. The van der Waals surface area contributed by atoms with Gasteiger partial charge in [-0.05, 0) is 0 Å². The number of carbonyl (C=O) groups excluding carboxylic acids is 1. The Bertz CT molecular complexity index is 1230. The van der Waals surface area contributed by atoms with Gasteiger partial charge >= 0.3 is 253 Å². The van der Waals surface area contributed by atoms with E-state index in [0.29, 0.717) is 45.8 Å². The quantitative estimate of drug-likeness (QED) is 0.200. The summed E-state index contributed by atoms with van der Waals surface area (Å²) in [6, 6.07) is 12.2. The minimum Gasteiger partial charge on any atom is -1.00 e. The third-order valence-electron chi connectivity index (χ3n) is 5.09. The van der Waals surface area contributed by atoms with E-state index in [1.807, 2.05) is 12.1 Å². The Kier molecular flexibility index (Phi) is 8.86. The van der Waals surface area contributed by atoms with Gasteiger partial charge < -0.3 is 8.33 Å². The number of rotatable bonds is 0.